The zero-order valence-electron chi connectivity index (χ0n) is 10.4. The van der Waals surface area contributed by atoms with Crippen LogP contribution in [0.1, 0.15) is 10.6 Å². The largest absolute Gasteiger partial charge is 0.435 e. The normalized spacial score (nSPS) is 13.6. The molecule has 2 aromatic heterocycles. The number of hydrogen-bond donors (Lipinski definition) is 1. The van der Waals surface area contributed by atoms with Gasteiger partial charge in [0.2, 0.25) is 0 Å². The Bertz CT molecular complexity index is 525. The number of rotatable bonds is 6. The standard InChI is InChI=1S/C12H13F3N2O2S/c13-12(14,15)11-3-4-17(16-11)6-9(18)7-19-8-10-2-1-5-20-10/h1-5,9,18H,6-8H2. The SMILES string of the molecule is OC(COCc1cccs1)Cn1ccc(C(F)(F)F)n1. The summed E-state index contributed by atoms with van der Waals surface area (Å²) < 4.78 is 43.4. The van der Waals surface area contributed by atoms with Crippen molar-refractivity contribution >= 4 is 11.3 Å². The lowest BCUT2D eigenvalue weighted by Gasteiger charge is -2.11. The third-order valence-corrected chi connectivity index (χ3v) is 3.31. The van der Waals surface area contributed by atoms with Crippen LogP contribution in [0.25, 0.3) is 0 Å². The molecule has 1 atom stereocenters. The molecule has 1 unspecified atom stereocenters. The Morgan fingerprint density at radius 2 is 2.20 bits per heavy atom. The highest BCUT2D eigenvalue weighted by Gasteiger charge is 2.33. The summed E-state index contributed by atoms with van der Waals surface area (Å²) in [5.74, 6) is 0. The van der Waals surface area contributed by atoms with Gasteiger partial charge in [-0.1, -0.05) is 6.07 Å². The number of alkyl halides is 3. The van der Waals surface area contributed by atoms with Gasteiger partial charge in [-0.15, -0.1) is 11.3 Å². The van der Waals surface area contributed by atoms with Crippen molar-refractivity contribution in [3.63, 3.8) is 0 Å². The first-order valence-corrected chi connectivity index (χ1v) is 6.72. The van der Waals surface area contributed by atoms with Crippen LogP contribution in [0.5, 0.6) is 0 Å². The van der Waals surface area contributed by atoms with E-state index in [1.54, 1.807) is 0 Å². The average molecular weight is 306 g/mol. The van der Waals surface area contributed by atoms with Crippen molar-refractivity contribution < 1.29 is 23.0 Å². The fourth-order valence-corrected chi connectivity index (χ4v) is 2.21. The Balaban J connectivity index is 1.76. The van der Waals surface area contributed by atoms with Gasteiger partial charge in [0.1, 0.15) is 0 Å². The molecule has 4 nitrogen and oxygen atoms in total. The molecule has 1 N–H and O–H groups in total. The van der Waals surface area contributed by atoms with E-state index < -0.39 is 18.0 Å². The first-order chi connectivity index (χ1) is 9.45. The third-order valence-electron chi connectivity index (χ3n) is 2.46. The van der Waals surface area contributed by atoms with Crippen molar-refractivity contribution in [2.45, 2.75) is 25.4 Å². The summed E-state index contributed by atoms with van der Waals surface area (Å²) in [4.78, 5) is 1.02. The molecule has 2 heterocycles. The lowest BCUT2D eigenvalue weighted by Crippen LogP contribution is -2.22. The Kier molecular flexibility index (Phi) is 4.79. The minimum atomic E-state index is -4.47. The van der Waals surface area contributed by atoms with E-state index in [2.05, 4.69) is 5.10 Å². The van der Waals surface area contributed by atoms with Crippen LogP contribution in [0.2, 0.25) is 0 Å². The summed E-state index contributed by atoms with van der Waals surface area (Å²) >= 11 is 1.54. The van der Waals surface area contributed by atoms with E-state index in [-0.39, 0.29) is 13.2 Å². The molecule has 20 heavy (non-hydrogen) atoms. The number of aliphatic hydroxyl groups is 1. The second-order valence-electron chi connectivity index (χ2n) is 4.17. The Morgan fingerprint density at radius 3 is 2.80 bits per heavy atom. The number of halogens is 3. The van der Waals surface area contributed by atoms with Crippen molar-refractivity contribution in [2.75, 3.05) is 6.61 Å². The maximum atomic E-state index is 12.3. The van der Waals surface area contributed by atoms with E-state index in [0.29, 0.717) is 6.61 Å². The molecule has 2 aromatic rings. The highest BCUT2D eigenvalue weighted by Crippen LogP contribution is 2.27. The van der Waals surface area contributed by atoms with E-state index in [0.717, 1.165) is 15.6 Å². The zero-order valence-corrected chi connectivity index (χ0v) is 11.2. The van der Waals surface area contributed by atoms with Crippen LogP contribution in [-0.4, -0.2) is 27.6 Å². The van der Waals surface area contributed by atoms with E-state index in [1.165, 1.54) is 17.5 Å². The van der Waals surface area contributed by atoms with E-state index in [4.69, 9.17) is 4.74 Å². The monoisotopic (exact) mass is 306 g/mol. The van der Waals surface area contributed by atoms with Gasteiger partial charge in [-0.3, -0.25) is 4.68 Å². The summed E-state index contributed by atoms with van der Waals surface area (Å²) in [5, 5.41) is 15.0. The molecule has 0 saturated heterocycles. The molecule has 0 amide bonds. The molecule has 0 aliphatic heterocycles. The van der Waals surface area contributed by atoms with Crippen molar-refractivity contribution in [1.29, 1.82) is 0 Å². The van der Waals surface area contributed by atoms with Crippen LogP contribution in [0.4, 0.5) is 13.2 Å². The fourth-order valence-electron chi connectivity index (χ4n) is 1.57. The predicted octanol–water partition coefficient (Wildman–Crippen LogP) is 2.54. The van der Waals surface area contributed by atoms with Crippen LogP contribution in [0, 0.1) is 0 Å². The number of aliphatic hydroxyl groups excluding tert-OH is 1. The summed E-state index contributed by atoms with van der Waals surface area (Å²) in [6, 6.07) is 4.67. The summed E-state index contributed by atoms with van der Waals surface area (Å²) in [5.41, 5.74) is -0.968. The van der Waals surface area contributed by atoms with Crippen molar-refractivity contribution in [3.8, 4) is 0 Å². The van der Waals surface area contributed by atoms with Gasteiger partial charge in [-0.25, -0.2) is 0 Å². The Labute approximate surface area is 117 Å². The second-order valence-corrected chi connectivity index (χ2v) is 5.20. The quantitative estimate of drug-likeness (QED) is 0.892. The number of aromatic nitrogens is 2. The van der Waals surface area contributed by atoms with E-state index in [9.17, 15) is 18.3 Å². The van der Waals surface area contributed by atoms with Gasteiger partial charge in [-0.2, -0.15) is 18.3 Å². The van der Waals surface area contributed by atoms with Crippen LogP contribution in [0.15, 0.2) is 29.8 Å². The number of ether oxygens (including phenoxy) is 1. The first kappa shape index (κ1) is 15.0. The van der Waals surface area contributed by atoms with Crippen LogP contribution in [0.3, 0.4) is 0 Å². The van der Waals surface area contributed by atoms with Crippen molar-refractivity contribution in [1.82, 2.24) is 9.78 Å². The molecular weight excluding hydrogens is 293 g/mol. The highest BCUT2D eigenvalue weighted by atomic mass is 32.1. The minimum Gasteiger partial charge on any atom is -0.389 e. The van der Waals surface area contributed by atoms with Crippen LogP contribution < -0.4 is 0 Å². The maximum absolute atomic E-state index is 12.3. The first-order valence-electron chi connectivity index (χ1n) is 5.84. The van der Waals surface area contributed by atoms with Gasteiger partial charge < -0.3 is 9.84 Å². The van der Waals surface area contributed by atoms with Gasteiger partial charge >= 0.3 is 6.18 Å². The molecule has 8 heteroatoms. The third kappa shape index (κ3) is 4.32. The topological polar surface area (TPSA) is 47.3 Å². The second kappa shape index (κ2) is 6.38. The van der Waals surface area contributed by atoms with Gasteiger partial charge in [0.05, 0.1) is 25.9 Å². The molecule has 0 aromatic carbocycles. The zero-order chi connectivity index (χ0) is 14.6. The predicted molar refractivity (Wildman–Crippen MR) is 67.2 cm³/mol. The molecule has 0 saturated carbocycles. The molecular formula is C12H13F3N2O2S. The molecule has 110 valence electrons. The lowest BCUT2D eigenvalue weighted by atomic mass is 10.4. The lowest BCUT2D eigenvalue weighted by molar-refractivity contribution is -0.141. The molecule has 0 spiro atoms. The van der Waals surface area contributed by atoms with Gasteiger partial charge in [-0.05, 0) is 17.5 Å². The molecule has 2 rings (SSSR count). The Hall–Kier alpha value is -1.38. The number of thiophene rings is 1. The minimum absolute atomic E-state index is 0.0408. The summed E-state index contributed by atoms with van der Waals surface area (Å²) in [7, 11) is 0. The molecule has 0 aliphatic carbocycles. The average Bonchev–Trinajstić information content (AvgIpc) is 2.98. The van der Waals surface area contributed by atoms with Gasteiger partial charge in [0, 0.05) is 11.1 Å². The summed E-state index contributed by atoms with van der Waals surface area (Å²) in [6.45, 7) is 0.376. The maximum Gasteiger partial charge on any atom is 0.435 e. The van der Waals surface area contributed by atoms with Gasteiger partial charge in [0.25, 0.3) is 0 Å². The van der Waals surface area contributed by atoms with Crippen molar-refractivity contribution in [3.05, 3.63) is 40.3 Å². The number of nitrogens with zero attached hydrogens (tertiary/aromatic N) is 2. The fraction of sp³-hybridized carbons (Fsp3) is 0.417. The van der Waals surface area contributed by atoms with Crippen LogP contribution in [-0.2, 0) is 24.1 Å². The van der Waals surface area contributed by atoms with Gasteiger partial charge in [0.15, 0.2) is 5.69 Å². The van der Waals surface area contributed by atoms with E-state index in [1.807, 2.05) is 17.5 Å². The Morgan fingerprint density at radius 1 is 1.40 bits per heavy atom. The number of hydrogen-bond acceptors (Lipinski definition) is 4. The molecule has 0 radical (unpaired) electrons. The summed E-state index contributed by atoms with van der Waals surface area (Å²) in [6.07, 6.45) is -4.19. The molecule has 0 fully saturated rings. The smallest absolute Gasteiger partial charge is 0.389 e. The molecule has 0 aliphatic rings. The molecule has 0 bridgehead atoms. The van der Waals surface area contributed by atoms with Crippen LogP contribution >= 0.6 is 11.3 Å². The highest BCUT2D eigenvalue weighted by molar-refractivity contribution is 7.09. The van der Waals surface area contributed by atoms with Crippen molar-refractivity contribution in [2.24, 2.45) is 0 Å². The van der Waals surface area contributed by atoms with E-state index >= 15 is 0 Å².